The SMILES string of the molecule is CC[C@H]([N+](=O)[O-])[C@]1(CC)OCCS1. The summed E-state index contributed by atoms with van der Waals surface area (Å²) in [6.07, 6.45) is 1.24. The molecular weight excluding hydrogens is 190 g/mol. The van der Waals surface area contributed by atoms with Crippen molar-refractivity contribution in [3.63, 3.8) is 0 Å². The van der Waals surface area contributed by atoms with Gasteiger partial charge in [0.25, 0.3) is 6.04 Å². The number of thioether (sulfide) groups is 1. The van der Waals surface area contributed by atoms with Gasteiger partial charge in [0.1, 0.15) is 0 Å². The predicted molar refractivity (Wildman–Crippen MR) is 52.5 cm³/mol. The first kappa shape index (κ1) is 10.8. The molecule has 0 unspecified atom stereocenters. The molecule has 1 saturated heterocycles. The van der Waals surface area contributed by atoms with Crippen LogP contribution in [0.3, 0.4) is 0 Å². The topological polar surface area (TPSA) is 52.4 Å². The summed E-state index contributed by atoms with van der Waals surface area (Å²) in [7, 11) is 0. The normalized spacial score (nSPS) is 30.3. The quantitative estimate of drug-likeness (QED) is 0.519. The van der Waals surface area contributed by atoms with Crippen LogP contribution in [-0.2, 0) is 4.74 Å². The summed E-state index contributed by atoms with van der Waals surface area (Å²) in [5.41, 5.74) is 0. The van der Waals surface area contributed by atoms with E-state index in [1.165, 1.54) is 0 Å². The molecule has 1 aliphatic heterocycles. The van der Waals surface area contributed by atoms with E-state index in [2.05, 4.69) is 0 Å². The molecule has 0 saturated carbocycles. The van der Waals surface area contributed by atoms with Gasteiger partial charge in [-0.15, -0.1) is 11.8 Å². The summed E-state index contributed by atoms with van der Waals surface area (Å²) in [6.45, 7) is 4.43. The van der Waals surface area contributed by atoms with E-state index in [0.29, 0.717) is 19.4 Å². The largest absolute Gasteiger partial charge is 0.356 e. The molecule has 0 aliphatic carbocycles. The van der Waals surface area contributed by atoms with Gasteiger partial charge in [0.15, 0.2) is 4.93 Å². The molecule has 76 valence electrons. The van der Waals surface area contributed by atoms with E-state index in [1.807, 2.05) is 13.8 Å². The minimum atomic E-state index is -0.565. The van der Waals surface area contributed by atoms with E-state index in [4.69, 9.17) is 4.74 Å². The summed E-state index contributed by atoms with van der Waals surface area (Å²) >= 11 is 1.59. The minimum Gasteiger partial charge on any atom is -0.356 e. The van der Waals surface area contributed by atoms with E-state index >= 15 is 0 Å². The summed E-state index contributed by atoms with van der Waals surface area (Å²) in [4.78, 5) is 10.0. The maximum atomic E-state index is 10.8. The minimum absolute atomic E-state index is 0.207. The van der Waals surface area contributed by atoms with Crippen molar-refractivity contribution >= 4 is 11.8 Å². The average Bonchev–Trinajstić information content (AvgIpc) is 2.55. The van der Waals surface area contributed by atoms with Gasteiger partial charge in [-0.25, -0.2) is 0 Å². The molecule has 0 aromatic heterocycles. The Morgan fingerprint density at radius 1 is 1.69 bits per heavy atom. The lowest BCUT2D eigenvalue weighted by molar-refractivity contribution is -0.539. The molecule has 0 amide bonds. The predicted octanol–water partition coefficient (Wildman–Crippen LogP) is 1.91. The van der Waals surface area contributed by atoms with Crippen LogP contribution in [-0.4, -0.2) is 28.3 Å². The number of hydrogen-bond acceptors (Lipinski definition) is 4. The second-order valence-electron chi connectivity index (χ2n) is 3.07. The Kier molecular flexibility index (Phi) is 3.55. The van der Waals surface area contributed by atoms with E-state index in [1.54, 1.807) is 11.8 Å². The van der Waals surface area contributed by atoms with Crippen molar-refractivity contribution in [2.75, 3.05) is 12.4 Å². The fraction of sp³-hybridized carbons (Fsp3) is 1.00. The lowest BCUT2D eigenvalue weighted by atomic mass is 10.1. The van der Waals surface area contributed by atoms with E-state index in [9.17, 15) is 10.1 Å². The van der Waals surface area contributed by atoms with Gasteiger partial charge in [0, 0.05) is 17.1 Å². The van der Waals surface area contributed by atoms with Crippen molar-refractivity contribution in [3.8, 4) is 0 Å². The Labute approximate surface area is 82.2 Å². The number of nitrogens with zero attached hydrogens (tertiary/aromatic N) is 1. The van der Waals surface area contributed by atoms with Crippen molar-refractivity contribution in [3.05, 3.63) is 10.1 Å². The average molecular weight is 205 g/mol. The Hall–Kier alpha value is -0.290. The van der Waals surface area contributed by atoms with Crippen molar-refractivity contribution in [1.82, 2.24) is 0 Å². The van der Waals surface area contributed by atoms with Gasteiger partial charge in [-0.1, -0.05) is 13.8 Å². The maximum Gasteiger partial charge on any atom is 0.250 e. The molecule has 0 N–H and O–H groups in total. The van der Waals surface area contributed by atoms with Crippen LogP contribution in [0.25, 0.3) is 0 Å². The second kappa shape index (κ2) is 4.28. The van der Waals surface area contributed by atoms with Crippen LogP contribution in [0.5, 0.6) is 0 Å². The van der Waals surface area contributed by atoms with Gasteiger partial charge in [-0.3, -0.25) is 10.1 Å². The molecule has 1 aliphatic rings. The molecular formula is C8H15NO3S. The third-order valence-corrected chi connectivity index (χ3v) is 3.96. The fourth-order valence-electron chi connectivity index (χ4n) is 1.72. The highest BCUT2D eigenvalue weighted by Gasteiger charge is 2.48. The van der Waals surface area contributed by atoms with Crippen LogP contribution >= 0.6 is 11.8 Å². The van der Waals surface area contributed by atoms with Crippen LogP contribution in [0.15, 0.2) is 0 Å². The molecule has 0 aromatic carbocycles. The van der Waals surface area contributed by atoms with E-state index in [0.717, 1.165) is 5.75 Å². The summed E-state index contributed by atoms with van der Waals surface area (Å²) in [6, 6.07) is -0.565. The molecule has 0 bridgehead atoms. The first-order valence-electron chi connectivity index (χ1n) is 4.57. The van der Waals surface area contributed by atoms with Crippen LogP contribution in [0, 0.1) is 10.1 Å². The zero-order valence-electron chi connectivity index (χ0n) is 7.99. The van der Waals surface area contributed by atoms with Crippen LogP contribution in [0.4, 0.5) is 0 Å². The zero-order valence-corrected chi connectivity index (χ0v) is 8.80. The van der Waals surface area contributed by atoms with E-state index in [-0.39, 0.29) is 4.92 Å². The lowest BCUT2D eigenvalue weighted by Gasteiger charge is -2.27. The Balaban J connectivity index is 2.78. The highest BCUT2D eigenvalue weighted by atomic mass is 32.2. The molecule has 0 aromatic rings. The van der Waals surface area contributed by atoms with Crippen molar-refractivity contribution in [2.24, 2.45) is 0 Å². The highest BCUT2D eigenvalue weighted by molar-refractivity contribution is 8.00. The second-order valence-corrected chi connectivity index (χ2v) is 4.46. The number of rotatable bonds is 4. The Morgan fingerprint density at radius 3 is 2.69 bits per heavy atom. The third-order valence-electron chi connectivity index (χ3n) is 2.42. The van der Waals surface area contributed by atoms with Gasteiger partial charge in [-0.05, 0) is 6.42 Å². The first-order valence-corrected chi connectivity index (χ1v) is 5.56. The molecule has 4 nitrogen and oxygen atoms in total. The standard InChI is InChI=1S/C8H15NO3S/c1-3-7(9(10)11)8(4-2)12-5-6-13-8/h7H,3-6H2,1-2H3/t7-,8+/m0/s1. The molecule has 2 atom stereocenters. The van der Waals surface area contributed by atoms with Crippen LogP contribution in [0.2, 0.25) is 0 Å². The van der Waals surface area contributed by atoms with Gasteiger partial charge < -0.3 is 4.74 Å². The molecule has 0 spiro atoms. The van der Waals surface area contributed by atoms with Crippen molar-refractivity contribution in [2.45, 2.75) is 37.7 Å². The summed E-state index contributed by atoms with van der Waals surface area (Å²) < 4.78 is 5.53. The Bertz CT molecular complexity index is 192. The summed E-state index contributed by atoms with van der Waals surface area (Å²) in [5.74, 6) is 0.873. The molecule has 13 heavy (non-hydrogen) atoms. The van der Waals surface area contributed by atoms with Gasteiger partial charge in [0.2, 0.25) is 0 Å². The Morgan fingerprint density at radius 2 is 2.38 bits per heavy atom. The highest BCUT2D eigenvalue weighted by Crippen LogP contribution is 2.40. The first-order chi connectivity index (χ1) is 6.16. The number of ether oxygens (including phenoxy) is 1. The lowest BCUT2D eigenvalue weighted by Crippen LogP contribution is -2.43. The molecule has 1 heterocycles. The zero-order chi connectivity index (χ0) is 9.90. The number of hydrogen-bond donors (Lipinski definition) is 0. The molecule has 1 rings (SSSR count). The monoisotopic (exact) mass is 205 g/mol. The fourth-order valence-corrected chi connectivity index (χ4v) is 3.05. The van der Waals surface area contributed by atoms with Gasteiger partial charge in [-0.2, -0.15) is 0 Å². The van der Waals surface area contributed by atoms with Crippen molar-refractivity contribution in [1.29, 1.82) is 0 Å². The van der Waals surface area contributed by atoms with Crippen LogP contribution < -0.4 is 0 Å². The number of nitro groups is 1. The summed E-state index contributed by atoms with van der Waals surface area (Å²) in [5, 5.41) is 10.8. The molecule has 5 heteroatoms. The maximum absolute atomic E-state index is 10.8. The van der Waals surface area contributed by atoms with Gasteiger partial charge >= 0.3 is 0 Å². The van der Waals surface area contributed by atoms with Crippen molar-refractivity contribution < 1.29 is 9.66 Å². The van der Waals surface area contributed by atoms with E-state index < -0.39 is 11.0 Å². The smallest absolute Gasteiger partial charge is 0.250 e. The third kappa shape index (κ3) is 1.96. The molecule has 1 fully saturated rings. The van der Waals surface area contributed by atoms with Gasteiger partial charge in [0.05, 0.1) is 6.61 Å². The molecule has 0 radical (unpaired) electrons. The van der Waals surface area contributed by atoms with Crippen LogP contribution in [0.1, 0.15) is 26.7 Å².